The summed E-state index contributed by atoms with van der Waals surface area (Å²) in [5.41, 5.74) is 0. The van der Waals surface area contributed by atoms with Gasteiger partial charge in [-0.2, -0.15) is 0 Å². The van der Waals surface area contributed by atoms with Crippen LogP contribution in [0.1, 0.15) is 4.88 Å². The highest BCUT2D eigenvalue weighted by atomic mass is 35.5. The number of nitrogens with zero attached hydrogens (tertiary/aromatic N) is 4. The van der Waals surface area contributed by atoms with E-state index in [2.05, 4.69) is 27.9 Å². The molecule has 3 aromatic rings. The summed E-state index contributed by atoms with van der Waals surface area (Å²) in [5, 5.41) is 1.59. The predicted molar refractivity (Wildman–Crippen MR) is 108 cm³/mol. The van der Waals surface area contributed by atoms with Crippen LogP contribution in [0.15, 0.2) is 36.7 Å². The predicted octanol–water partition coefficient (Wildman–Crippen LogP) is 3.38. The number of carbonyl (C=O) groups excluding carboxylic acids is 1. The van der Waals surface area contributed by atoms with Gasteiger partial charge in [-0.1, -0.05) is 23.7 Å². The zero-order chi connectivity index (χ0) is 18.8. The topological polar surface area (TPSA) is 58.6 Å². The summed E-state index contributed by atoms with van der Waals surface area (Å²) >= 11 is 7.73. The standard InChI is InChI=1S/C19H19ClN4O2S/c1-13-10-14-18(21-12-22-19(14)27-13)24-8-6-23(7-9-24)17(25)11-26-16-5-3-2-4-15(16)20/h2-5,10,12H,6-9,11H2,1H3. The number of amides is 1. The van der Waals surface area contributed by atoms with Gasteiger partial charge < -0.3 is 14.5 Å². The zero-order valence-corrected chi connectivity index (χ0v) is 16.5. The second-order valence-electron chi connectivity index (χ2n) is 6.36. The number of ether oxygens (including phenoxy) is 1. The number of benzene rings is 1. The van der Waals surface area contributed by atoms with Gasteiger partial charge in [-0.3, -0.25) is 4.79 Å². The molecule has 6 nitrogen and oxygen atoms in total. The van der Waals surface area contributed by atoms with Gasteiger partial charge in [0.25, 0.3) is 5.91 Å². The van der Waals surface area contributed by atoms with E-state index in [1.54, 1.807) is 29.8 Å². The van der Waals surface area contributed by atoms with Gasteiger partial charge >= 0.3 is 0 Å². The molecular formula is C19H19ClN4O2S. The Morgan fingerprint density at radius 2 is 2.00 bits per heavy atom. The van der Waals surface area contributed by atoms with Gasteiger partial charge in [0.2, 0.25) is 0 Å². The van der Waals surface area contributed by atoms with Gasteiger partial charge in [-0.15, -0.1) is 11.3 Å². The zero-order valence-electron chi connectivity index (χ0n) is 14.9. The van der Waals surface area contributed by atoms with E-state index in [0.717, 1.165) is 29.1 Å². The van der Waals surface area contributed by atoms with E-state index in [1.165, 1.54) is 4.88 Å². The lowest BCUT2D eigenvalue weighted by Gasteiger charge is -2.35. The average Bonchev–Trinajstić information content (AvgIpc) is 3.07. The Morgan fingerprint density at radius 3 is 2.78 bits per heavy atom. The van der Waals surface area contributed by atoms with Crippen molar-refractivity contribution in [2.45, 2.75) is 6.92 Å². The van der Waals surface area contributed by atoms with Gasteiger partial charge in [0.15, 0.2) is 6.61 Å². The third kappa shape index (κ3) is 3.84. The van der Waals surface area contributed by atoms with E-state index in [-0.39, 0.29) is 12.5 Å². The van der Waals surface area contributed by atoms with Crippen molar-refractivity contribution >= 4 is 44.9 Å². The van der Waals surface area contributed by atoms with Crippen molar-refractivity contribution in [3.8, 4) is 5.75 Å². The molecule has 0 N–H and O–H groups in total. The Bertz CT molecular complexity index is 969. The Morgan fingerprint density at radius 1 is 1.22 bits per heavy atom. The number of halogens is 1. The highest BCUT2D eigenvalue weighted by molar-refractivity contribution is 7.18. The Kier molecular flexibility index (Phi) is 5.13. The van der Waals surface area contributed by atoms with Crippen molar-refractivity contribution in [2.75, 3.05) is 37.7 Å². The van der Waals surface area contributed by atoms with Crippen LogP contribution in [-0.2, 0) is 4.79 Å². The summed E-state index contributed by atoms with van der Waals surface area (Å²) in [6.07, 6.45) is 1.61. The fourth-order valence-electron chi connectivity index (χ4n) is 3.18. The molecule has 27 heavy (non-hydrogen) atoms. The minimum absolute atomic E-state index is 0.00872. The number of fused-ring (bicyclic) bond motifs is 1. The van der Waals surface area contributed by atoms with E-state index in [4.69, 9.17) is 16.3 Å². The summed E-state index contributed by atoms with van der Waals surface area (Å²) in [6.45, 7) is 4.81. The number of para-hydroxylation sites is 1. The third-order valence-electron chi connectivity index (χ3n) is 4.55. The van der Waals surface area contributed by atoms with Crippen LogP contribution < -0.4 is 9.64 Å². The molecule has 0 spiro atoms. The van der Waals surface area contributed by atoms with Crippen LogP contribution in [0.2, 0.25) is 5.02 Å². The molecule has 3 heterocycles. The lowest BCUT2D eigenvalue weighted by Crippen LogP contribution is -2.50. The number of aromatic nitrogens is 2. The van der Waals surface area contributed by atoms with Crippen molar-refractivity contribution in [3.05, 3.63) is 46.6 Å². The maximum atomic E-state index is 12.5. The van der Waals surface area contributed by atoms with Crippen molar-refractivity contribution in [2.24, 2.45) is 0 Å². The molecular weight excluding hydrogens is 384 g/mol. The molecule has 1 aliphatic rings. The number of aryl methyl sites for hydroxylation is 1. The molecule has 8 heteroatoms. The van der Waals surface area contributed by atoms with Gasteiger partial charge in [0, 0.05) is 31.1 Å². The van der Waals surface area contributed by atoms with E-state index in [0.29, 0.717) is 23.9 Å². The first-order chi connectivity index (χ1) is 13.1. The minimum Gasteiger partial charge on any atom is -0.482 e. The number of hydrogen-bond acceptors (Lipinski definition) is 6. The molecule has 4 rings (SSSR count). The first-order valence-corrected chi connectivity index (χ1v) is 9.92. The van der Waals surface area contributed by atoms with E-state index in [9.17, 15) is 4.79 Å². The summed E-state index contributed by atoms with van der Waals surface area (Å²) < 4.78 is 5.57. The number of rotatable bonds is 4. The molecule has 0 bridgehead atoms. The molecule has 0 aliphatic carbocycles. The van der Waals surface area contributed by atoms with E-state index >= 15 is 0 Å². The summed E-state index contributed by atoms with van der Waals surface area (Å²) in [6, 6.07) is 9.30. The van der Waals surface area contributed by atoms with Crippen molar-refractivity contribution in [1.82, 2.24) is 14.9 Å². The largest absolute Gasteiger partial charge is 0.482 e. The number of thiophene rings is 1. The monoisotopic (exact) mass is 402 g/mol. The second kappa shape index (κ2) is 7.70. The first kappa shape index (κ1) is 18.0. The molecule has 1 fully saturated rings. The summed E-state index contributed by atoms with van der Waals surface area (Å²) in [5.74, 6) is 1.44. The first-order valence-electron chi connectivity index (χ1n) is 8.73. The third-order valence-corrected chi connectivity index (χ3v) is 5.82. The second-order valence-corrected chi connectivity index (χ2v) is 8.00. The van der Waals surface area contributed by atoms with Crippen molar-refractivity contribution in [3.63, 3.8) is 0 Å². The fourth-order valence-corrected chi connectivity index (χ4v) is 4.21. The fraction of sp³-hybridized carbons (Fsp3) is 0.316. The highest BCUT2D eigenvalue weighted by Gasteiger charge is 2.24. The Balaban J connectivity index is 1.37. The molecule has 0 atom stereocenters. The van der Waals surface area contributed by atoms with Crippen molar-refractivity contribution in [1.29, 1.82) is 0 Å². The quantitative estimate of drug-likeness (QED) is 0.669. The normalized spacial score (nSPS) is 14.6. The number of carbonyl (C=O) groups is 1. The van der Waals surface area contributed by atoms with Crippen molar-refractivity contribution < 1.29 is 9.53 Å². The number of anilines is 1. The molecule has 1 amide bonds. The van der Waals surface area contributed by atoms with Gasteiger partial charge in [0.1, 0.15) is 22.7 Å². The molecule has 1 saturated heterocycles. The van der Waals surface area contributed by atoms with Crippen LogP contribution in [0.4, 0.5) is 5.82 Å². The van der Waals surface area contributed by atoms with Crippen LogP contribution in [-0.4, -0.2) is 53.6 Å². The minimum atomic E-state index is -0.0335. The lowest BCUT2D eigenvalue weighted by molar-refractivity contribution is -0.133. The SMILES string of the molecule is Cc1cc2c(N3CCN(C(=O)COc4ccccc4Cl)CC3)ncnc2s1. The molecule has 1 aliphatic heterocycles. The number of hydrogen-bond donors (Lipinski definition) is 0. The molecule has 0 radical (unpaired) electrons. The van der Waals surface area contributed by atoms with Crippen LogP contribution in [0, 0.1) is 6.92 Å². The highest BCUT2D eigenvalue weighted by Crippen LogP contribution is 2.30. The lowest BCUT2D eigenvalue weighted by atomic mass is 10.2. The van der Waals surface area contributed by atoms with Gasteiger partial charge in [-0.05, 0) is 25.1 Å². The Hall–Kier alpha value is -2.38. The van der Waals surface area contributed by atoms with Crippen LogP contribution in [0.25, 0.3) is 10.2 Å². The van der Waals surface area contributed by atoms with Crippen LogP contribution in [0.5, 0.6) is 5.75 Å². The molecule has 0 unspecified atom stereocenters. The van der Waals surface area contributed by atoms with E-state index < -0.39 is 0 Å². The molecule has 2 aromatic heterocycles. The van der Waals surface area contributed by atoms with E-state index in [1.807, 2.05) is 17.0 Å². The summed E-state index contributed by atoms with van der Waals surface area (Å²) in [7, 11) is 0. The maximum Gasteiger partial charge on any atom is 0.260 e. The maximum absolute atomic E-state index is 12.5. The van der Waals surface area contributed by atoms with Crippen LogP contribution >= 0.6 is 22.9 Å². The summed E-state index contributed by atoms with van der Waals surface area (Å²) in [4.78, 5) is 27.5. The average molecular weight is 403 g/mol. The molecule has 0 saturated carbocycles. The number of piperazine rings is 1. The van der Waals surface area contributed by atoms with Crippen LogP contribution in [0.3, 0.4) is 0 Å². The molecule has 1 aromatic carbocycles. The van der Waals surface area contributed by atoms with Gasteiger partial charge in [-0.25, -0.2) is 9.97 Å². The smallest absolute Gasteiger partial charge is 0.260 e. The van der Waals surface area contributed by atoms with Gasteiger partial charge in [0.05, 0.1) is 10.4 Å². The molecule has 140 valence electrons. The Labute approximate surface area is 166 Å².